The van der Waals surface area contributed by atoms with Crippen molar-refractivity contribution in [3.63, 3.8) is 0 Å². The standard InChI is InChI=1S/C39H34N2O5/c42-38(40-23-25-45-31-15-2-1-3-16-31)30-14-6-10-27(26-30)21-22-29-13-7-18-33-34(37(39(43)44)41-36(29)33)19-9-24-46-35-20-8-12-28-11-4-5-17-32(28)35/h1-8,10-18,20-22,26,41H,9,19,23-25H2,(H,40,42)(H,43,44)/b22-21+. The lowest BCUT2D eigenvalue weighted by Crippen LogP contribution is -2.28. The highest BCUT2D eigenvalue weighted by molar-refractivity contribution is 6.01. The zero-order valence-corrected chi connectivity index (χ0v) is 25.2. The molecule has 1 aromatic heterocycles. The molecular formula is C39H34N2O5. The Morgan fingerprint density at radius 1 is 0.761 bits per heavy atom. The third-order valence-electron chi connectivity index (χ3n) is 7.77. The van der Waals surface area contributed by atoms with E-state index in [2.05, 4.69) is 22.4 Å². The van der Waals surface area contributed by atoms with Crippen LogP contribution >= 0.6 is 0 Å². The Kier molecular flexibility index (Phi) is 9.40. The van der Waals surface area contributed by atoms with Crippen molar-refractivity contribution in [3.8, 4) is 11.5 Å². The average Bonchev–Trinajstić information content (AvgIpc) is 3.48. The van der Waals surface area contributed by atoms with Gasteiger partial charge in [0, 0.05) is 16.3 Å². The monoisotopic (exact) mass is 610 g/mol. The maximum absolute atomic E-state index is 12.7. The first-order valence-corrected chi connectivity index (χ1v) is 15.3. The van der Waals surface area contributed by atoms with Gasteiger partial charge in [0.05, 0.1) is 18.7 Å². The van der Waals surface area contributed by atoms with Crippen LogP contribution in [0.5, 0.6) is 11.5 Å². The van der Waals surface area contributed by atoms with E-state index >= 15 is 0 Å². The molecule has 5 aromatic carbocycles. The molecule has 0 aliphatic heterocycles. The van der Waals surface area contributed by atoms with Crippen molar-refractivity contribution in [1.82, 2.24) is 10.3 Å². The summed E-state index contributed by atoms with van der Waals surface area (Å²) in [4.78, 5) is 28.1. The number of aryl methyl sites for hydroxylation is 1. The van der Waals surface area contributed by atoms with E-state index in [1.54, 1.807) is 6.07 Å². The van der Waals surface area contributed by atoms with Gasteiger partial charge in [0.15, 0.2) is 0 Å². The number of fused-ring (bicyclic) bond motifs is 2. The second-order valence-electron chi connectivity index (χ2n) is 10.9. The van der Waals surface area contributed by atoms with Gasteiger partial charge < -0.3 is 24.9 Å². The van der Waals surface area contributed by atoms with Crippen LogP contribution in [0.3, 0.4) is 0 Å². The number of carboxylic acid groups (broad SMARTS) is 1. The van der Waals surface area contributed by atoms with E-state index < -0.39 is 5.97 Å². The largest absolute Gasteiger partial charge is 0.493 e. The second-order valence-corrected chi connectivity index (χ2v) is 10.9. The van der Waals surface area contributed by atoms with Crippen LogP contribution in [0.1, 0.15) is 44.0 Å². The lowest BCUT2D eigenvalue weighted by molar-refractivity contribution is 0.0690. The fourth-order valence-corrected chi connectivity index (χ4v) is 5.55. The first-order chi connectivity index (χ1) is 22.6. The van der Waals surface area contributed by atoms with Crippen LogP contribution in [-0.2, 0) is 6.42 Å². The summed E-state index contributed by atoms with van der Waals surface area (Å²) in [6, 6.07) is 36.7. The van der Waals surface area contributed by atoms with Crippen molar-refractivity contribution in [2.75, 3.05) is 19.8 Å². The molecule has 0 spiro atoms. The normalized spacial score (nSPS) is 11.2. The van der Waals surface area contributed by atoms with Crippen LogP contribution in [0.4, 0.5) is 0 Å². The Morgan fingerprint density at radius 2 is 1.52 bits per heavy atom. The SMILES string of the molecule is O=C(NCCOc1ccccc1)c1cccc(/C=C/c2cccc3c(CCCOc4cccc5ccccc45)c(C(=O)O)[nH]c23)c1. The number of amides is 1. The Bertz CT molecular complexity index is 2010. The number of rotatable bonds is 13. The van der Waals surface area contributed by atoms with Gasteiger partial charge in [-0.3, -0.25) is 4.79 Å². The highest BCUT2D eigenvalue weighted by atomic mass is 16.5. The van der Waals surface area contributed by atoms with E-state index in [9.17, 15) is 14.7 Å². The van der Waals surface area contributed by atoms with Crippen LogP contribution in [-0.4, -0.2) is 41.7 Å². The number of para-hydroxylation sites is 2. The van der Waals surface area contributed by atoms with Gasteiger partial charge in [-0.05, 0) is 65.3 Å². The van der Waals surface area contributed by atoms with E-state index in [0.29, 0.717) is 38.2 Å². The molecule has 7 heteroatoms. The smallest absolute Gasteiger partial charge is 0.352 e. The number of ether oxygens (including phenoxy) is 2. The van der Waals surface area contributed by atoms with Crippen molar-refractivity contribution >= 4 is 45.7 Å². The summed E-state index contributed by atoms with van der Waals surface area (Å²) >= 11 is 0. The van der Waals surface area contributed by atoms with Crippen LogP contribution in [0.25, 0.3) is 33.8 Å². The maximum atomic E-state index is 12.7. The number of nitrogens with one attached hydrogen (secondary N) is 2. The molecule has 230 valence electrons. The minimum absolute atomic E-state index is 0.182. The Morgan fingerprint density at radius 3 is 2.39 bits per heavy atom. The quantitative estimate of drug-likeness (QED) is 0.0909. The fraction of sp³-hybridized carbons (Fsp3) is 0.128. The minimum Gasteiger partial charge on any atom is -0.493 e. The molecule has 0 unspecified atom stereocenters. The Balaban J connectivity index is 1.12. The average molecular weight is 611 g/mol. The van der Waals surface area contributed by atoms with Gasteiger partial charge in [-0.2, -0.15) is 0 Å². The zero-order valence-electron chi connectivity index (χ0n) is 25.2. The summed E-state index contributed by atoms with van der Waals surface area (Å²) in [7, 11) is 0. The molecule has 0 saturated carbocycles. The van der Waals surface area contributed by atoms with Crippen molar-refractivity contribution in [1.29, 1.82) is 0 Å². The number of aromatic carboxylic acids is 1. The molecule has 0 fully saturated rings. The van der Waals surface area contributed by atoms with Gasteiger partial charge in [-0.25, -0.2) is 4.79 Å². The van der Waals surface area contributed by atoms with E-state index in [-0.39, 0.29) is 11.6 Å². The summed E-state index contributed by atoms with van der Waals surface area (Å²) < 4.78 is 11.8. The predicted molar refractivity (Wildman–Crippen MR) is 183 cm³/mol. The molecule has 1 amide bonds. The number of carboxylic acids is 1. The molecule has 0 saturated heterocycles. The number of hydrogen-bond donors (Lipinski definition) is 3. The third kappa shape index (κ3) is 7.11. The number of H-pyrrole nitrogens is 1. The van der Waals surface area contributed by atoms with Crippen LogP contribution in [0.2, 0.25) is 0 Å². The predicted octanol–water partition coefficient (Wildman–Crippen LogP) is 8.01. The van der Waals surface area contributed by atoms with Crippen LogP contribution < -0.4 is 14.8 Å². The first-order valence-electron chi connectivity index (χ1n) is 15.3. The van der Waals surface area contributed by atoms with Crippen molar-refractivity contribution < 1.29 is 24.2 Å². The fourth-order valence-electron chi connectivity index (χ4n) is 5.55. The van der Waals surface area contributed by atoms with Crippen molar-refractivity contribution in [3.05, 3.63) is 143 Å². The summed E-state index contributed by atoms with van der Waals surface area (Å²) in [5.74, 6) is 0.401. The topological polar surface area (TPSA) is 101 Å². The molecule has 3 N–H and O–H groups in total. The summed E-state index contributed by atoms with van der Waals surface area (Å²) in [5, 5.41) is 15.9. The second kappa shape index (κ2) is 14.3. The lowest BCUT2D eigenvalue weighted by Gasteiger charge is -2.09. The van der Waals surface area contributed by atoms with Gasteiger partial charge in [-0.15, -0.1) is 0 Å². The molecule has 0 aliphatic rings. The van der Waals surface area contributed by atoms with E-state index in [0.717, 1.165) is 49.9 Å². The minimum atomic E-state index is -0.996. The highest BCUT2D eigenvalue weighted by Crippen LogP contribution is 2.29. The highest BCUT2D eigenvalue weighted by Gasteiger charge is 2.18. The molecule has 0 radical (unpaired) electrons. The summed E-state index contributed by atoms with van der Waals surface area (Å²) in [6.45, 7) is 1.21. The van der Waals surface area contributed by atoms with E-state index in [1.165, 1.54) is 0 Å². The van der Waals surface area contributed by atoms with E-state index in [4.69, 9.17) is 9.47 Å². The number of aromatic nitrogens is 1. The van der Waals surface area contributed by atoms with E-state index in [1.807, 2.05) is 109 Å². The summed E-state index contributed by atoms with van der Waals surface area (Å²) in [6.07, 6.45) is 5.06. The number of aromatic amines is 1. The first kappa shape index (κ1) is 30.2. The van der Waals surface area contributed by atoms with Gasteiger partial charge in [-0.1, -0.05) is 97.1 Å². The molecule has 1 heterocycles. The molecular weight excluding hydrogens is 576 g/mol. The molecule has 6 rings (SSSR count). The zero-order chi connectivity index (χ0) is 31.7. The van der Waals surface area contributed by atoms with Crippen LogP contribution in [0, 0.1) is 0 Å². The number of carbonyl (C=O) groups is 2. The van der Waals surface area contributed by atoms with Gasteiger partial charge >= 0.3 is 5.97 Å². The Labute approximate surface area is 267 Å². The van der Waals surface area contributed by atoms with Crippen LogP contribution in [0.15, 0.2) is 115 Å². The van der Waals surface area contributed by atoms with Crippen molar-refractivity contribution in [2.45, 2.75) is 12.8 Å². The Hall–Kier alpha value is -5.82. The van der Waals surface area contributed by atoms with Gasteiger partial charge in [0.2, 0.25) is 0 Å². The van der Waals surface area contributed by atoms with Crippen molar-refractivity contribution in [2.24, 2.45) is 0 Å². The molecule has 0 atom stereocenters. The molecule has 0 bridgehead atoms. The number of hydrogen-bond acceptors (Lipinski definition) is 4. The number of carbonyl (C=O) groups excluding carboxylic acids is 1. The lowest BCUT2D eigenvalue weighted by atomic mass is 10.0. The number of benzene rings is 5. The third-order valence-corrected chi connectivity index (χ3v) is 7.77. The summed E-state index contributed by atoms with van der Waals surface area (Å²) in [5.41, 5.74) is 3.95. The molecule has 6 aromatic rings. The molecule has 0 aliphatic carbocycles. The molecule has 46 heavy (non-hydrogen) atoms. The molecule has 7 nitrogen and oxygen atoms in total. The van der Waals surface area contributed by atoms with Gasteiger partial charge in [0.1, 0.15) is 23.8 Å². The maximum Gasteiger partial charge on any atom is 0.352 e. The van der Waals surface area contributed by atoms with Gasteiger partial charge in [0.25, 0.3) is 5.91 Å².